The Labute approximate surface area is 103 Å². The van der Waals surface area contributed by atoms with Gasteiger partial charge in [-0.15, -0.1) is 0 Å². The van der Waals surface area contributed by atoms with E-state index in [0.29, 0.717) is 11.4 Å². The first-order valence-electron chi connectivity index (χ1n) is 5.08. The maximum Gasteiger partial charge on any atom is 0.421 e. The third kappa shape index (κ3) is 2.51. The van der Waals surface area contributed by atoms with Crippen LogP contribution in [0.25, 0.3) is 10.9 Å². The summed E-state index contributed by atoms with van der Waals surface area (Å²) in [5, 5.41) is 11.1. The molecule has 1 heterocycles. The predicted octanol–water partition coefficient (Wildman–Crippen LogP) is 2.22. The molecule has 5 nitrogen and oxygen atoms in total. The highest BCUT2D eigenvalue weighted by atomic mass is 35.5. The Morgan fingerprint density at radius 1 is 1.53 bits per heavy atom. The van der Waals surface area contributed by atoms with E-state index < -0.39 is 6.09 Å². The molecule has 0 spiro atoms. The van der Waals surface area contributed by atoms with Crippen LogP contribution < -0.4 is 5.84 Å². The van der Waals surface area contributed by atoms with E-state index in [2.05, 4.69) is 4.98 Å². The molecule has 6 heteroatoms. The van der Waals surface area contributed by atoms with Crippen molar-refractivity contribution in [1.29, 1.82) is 0 Å². The van der Waals surface area contributed by atoms with E-state index in [1.165, 1.54) is 0 Å². The standard InChI is InChI=1S/C11H12ClN3O2/c12-8-1-2-9-7(6-14-10(9)5-8)3-4-15(13)11(16)17/h1-2,5-6,14H,3-4,13H2,(H,16,17). The molecule has 2 aromatic rings. The lowest BCUT2D eigenvalue weighted by atomic mass is 10.1. The van der Waals surface area contributed by atoms with Crippen molar-refractivity contribution in [2.24, 2.45) is 5.84 Å². The SMILES string of the molecule is NN(CCc1c[nH]c2cc(Cl)ccc12)C(=O)O. The molecule has 90 valence electrons. The van der Waals surface area contributed by atoms with E-state index in [4.69, 9.17) is 22.6 Å². The number of rotatable bonds is 3. The highest BCUT2D eigenvalue weighted by Gasteiger charge is 2.09. The van der Waals surface area contributed by atoms with Gasteiger partial charge >= 0.3 is 6.09 Å². The van der Waals surface area contributed by atoms with Gasteiger partial charge in [-0.2, -0.15) is 0 Å². The minimum Gasteiger partial charge on any atom is -0.464 e. The highest BCUT2D eigenvalue weighted by Crippen LogP contribution is 2.22. The number of nitrogens with one attached hydrogen (secondary N) is 1. The maximum absolute atomic E-state index is 10.5. The lowest BCUT2D eigenvalue weighted by molar-refractivity contribution is 0.146. The van der Waals surface area contributed by atoms with Crippen molar-refractivity contribution in [1.82, 2.24) is 9.99 Å². The number of hydrogen-bond acceptors (Lipinski definition) is 2. The molecule has 0 unspecified atom stereocenters. The fourth-order valence-corrected chi connectivity index (χ4v) is 1.87. The van der Waals surface area contributed by atoms with E-state index in [1.807, 2.05) is 18.3 Å². The van der Waals surface area contributed by atoms with Crippen LogP contribution in [0.15, 0.2) is 24.4 Å². The molecule has 0 saturated carbocycles. The molecule has 0 fully saturated rings. The van der Waals surface area contributed by atoms with Gasteiger partial charge in [-0.05, 0) is 24.1 Å². The number of carbonyl (C=O) groups is 1. The largest absolute Gasteiger partial charge is 0.464 e. The summed E-state index contributed by atoms with van der Waals surface area (Å²) in [6.07, 6.45) is 1.27. The predicted molar refractivity (Wildman–Crippen MR) is 65.9 cm³/mol. The second kappa shape index (κ2) is 4.65. The minimum absolute atomic E-state index is 0.255. The van der Waals surface area contributed by atoms with Gasteiger partial charge in [0.05, 0.1) is 0 Å². The monoisotopic (exact) mass is 253 g/mol. The lowest BCUT2D eigenvalue weighted by Crippen LogP contribution is -2.37. The molecule has 1 aromatic carbocycles. The Morgan fingerprint density at radius 2 is 2.29 bits per heavy atom. The summed E-state index contributed by atoms with van der Waals surface area (Å²) >= 11 is 5.87. The van der Waals surface area contributed by atoms with Gasteiger partial charge in [-0.3, -0.25) is 0 Å². The maximum atomic E-state index is 10.5. The molecule has 0 radical (unpaired) electrons. The number of amides is 1. The number of aromatic amines is 1. The number of carboxylic acid groups (broad SMARTS) is 1. The summed E-state index contributed by atoms with van der Waals surface area (Å²) < 4.78 is 0. The molecule has 4 N–H and O–H groups in total. The number of hydrazine groups is 1. The summed E-state index contributed by atoms with van der Waals surface area (Å²) in [7, 11) is 0. The molecule has 0 bridgehead atoms. The number of fused-ring (bicyclic) bond motifs is 1. The number of H-pyrrole nitrogens is 1. The van der Waals surface area contributed by atoms with Crippen molar-refractivity contribution in [2.75, 3.05) is 6.54 Å². The average Bonchev–Trinajstić information content (AvgIpc) is 2.67. The van der Waals surface area contributed by atoms with Crippen LogP contribution in [0.1, 0.15) is 5.56 Å². The summed E-state index contributed by atoms with van der Waals surface area (Å²) in [5.41, 5.74) is 1.96. The van der Waals surface area contributed by atoms with Gasteiger partial charge in [0.2, 0.25) is 0 Å². The average molecular weight is 254 g/mol. The van der Waals surface area contributed by atoms with Gasteiger partial charge in [0.25, 0.3) is 0 Å². The van der Waals surface area contributed by atoms with Crippen LogP contribution in [0, 0.1) is 0 Å². The Morgan fingerprint density at radius 3 is 3.00 bits per heavy atom. The molecule has 2 rings (SSSR count). The van der Waals surface area contributed by atoms with Gasteiger partial charge in [-0.25, -0.2) is 15.6 Å². The molecule has 0 saturated heterocycles. The van der Waals surface area contributed by atoms with Crippen LogP contribution in [-0.4, -0.2) is 27.7 Å². The molecule has 17 heavy (non-hydrogen) atoms. The summed E-state index contributed by atoms with van der Waals surface area (Å²) in [6, 6.07) is 5.54. The zero-order valence-corrected chi connectivity index (χ0v) is 9.74. The van der Waals surface area contributed by atoms with Crippen molar-refractivity contribution in [3.8, 4) is 0 Å². The van der Waals surface area contributed by atoms with Crippen molar-refractivity contribution in [2.45, 2.75) is 6.42 Å². The van der Waals surface area contributed by atoms with Crippen molar-refractivity contribution < 1.29 is 9.90 Å². The molecule has 0 atom stereocenters. The number of nitrogens with zero attached hydrogens (tertiary/aromatic N) is 1. The van der Waals surface area contributed by atoms with Crippen molar-refractivity contribution >= 4 is 28.6 Å². The number of benzene rings is 1. The lowest BCUT2D eigenvalue weighted by Gasteiger charge is -2.11. The second-order valence-corrected chi connectivity index (χ2v) is 4.17. The van der Waals surface area contributed by atoms with Crippen LogP contribution in [0.4, 0.5) is 4.79 Å². The van der Waals surface area contributed by atoms with Gasteiger partial charge in [0.1, 0.15) is 0 Å². The van der Waals surface area contributed by atoms with E-state index in [-0.39, 0.29) is 6.54 Å². The third-order valence-electron chi connectivity index (χ3n) is 2.60. The zero-order chi connectivity index (χ0) is 12.4. The first kappa shape index (κ1) is 11.8. The molecule has 0 aliphatic carbocycles. The molecular formula is C11H12ClN3O2. The molecule has 0 aliphatic rings. The molecule has 1 aromatic heterocycles. The van der Waals surface area contributed by atoms with Crippen LogP contribution in [-0.2, 0) is 6.42 Å². The fourth-order valence-electron chi connectivity index (χ4n) is 1.70. The van der Waals surface area contributed by atoms with Crippen LogP contribution in [0.2, 0.25) is 5.02 Å². The van der Waals surface area contributed by atoms with E-state index in [0.717, 1.165) is 21.5 Å². The Hall–Kier alpha value is -1.72. The summed E-state index contributed by atoms with van der Waals surface area (Å²) in [5.74, 6) is 5.30. The molecule has 0 aliphatic heterocycles. The smallest absolute Gasteiger partial charge is 0.421 e. The Balaban J connectivity index is 2.17. The number of hydrogen-bond donors (Lipinski definition) is 3. The minimum atomic E-state index is -1.13. The number of nitrogens with two attached hydrogens (primary N) is 1. The first-order valence-corrected chi connectivity index (χ1v) is 5.46. The fraction of sp³-hybridized carbons (Fsp3) is 0.182. The van der Waals surface area contributed by atoms with Crippen molar-refractivity contribution in [3.63, 3.8) is 0 Å². The Kier molecular flexibility index (Phi) is 3.21. The highest BCUT2D eigenvalue weighted by molar-refractivity contribution is 6.31. The van der Waals surface area contributed by atoms with Crippen LogP contribution >= 0.6 is 11.6 Å². The van der Waals surface area contributed by atoms with Crippen molar-refractivity contribution in [3.05, 3.63) is 35.0 Å². The zero-order valence-electron chi connectivity index (χ0n) is 8.98. The summed E-state index contributed by atoms with van der Waals surface area (Å²) in [4.78, 5) is 13.6. The summed E-state index contributed by atoms with van der Waals surface area (Å²) in [6.45, 7) is 0.255. The van der Waals surface area contributed by atoms with E-state index >= 15 is 0 Å². The normalized spacial score (nSPS) is 10.7. The molecular weight excluding hydrogens is 242 g/mol. The van der Waals surface area contributed by atoms with Gasteiger partial charge in [0.15, 0.2) is 0 Å². The molecule has 1 amide bonds. The number of aromatic nitrogens is 1. The van der Waals surface area contributed by atoms with E-state index in [9.17, 15) is 4.79 Å². The van der Waals surface area contributed by atoms with Gasteiger partial charge in [0, 0.05) is 28.7 Å². The van der Waals surface area contributed by atoms with E-state index in [1.54, 1.807) is 6.07 Å². The Bertz CT molecular complexity index is 553. The quantitative estimate of drug-likeness (QED) is 0.446. The topological polar surface area (TPSA) is 82.3 Å². The first-order chi connectivity index (χ1) is 8.08. The van der Waals surface area contributed by atoms with Gasteiger partial charge in [-0.1, -0.05) is 17.7 Å². The van der Waals surface area contributed by atoms with Gasteiger partial charge < -0.3 is 10.1 Å². The second-order valence-electron chi connectivity index (χ2n) is 3.73. The third-order valence-corrected chi connectivity index (χ3v) is 2.83. The van der Waals surface area contributed by atoms with Crippen LogP contribution in [0.3, 0.4) is 0 Å². The number of halogens is 1. The van der Waals surface area contributed by atoms with Crippen LogP contribution in [0.5, 0.6) is 0 Å².